The molecule has 0 aliphatic carbocycles. The monoisotopic (exact) mass is 428 g/mol. The summed E-state index contributed by atoms with van der Waals surface area (Å²) in [7, 11) is 0. The number of benzene rings is 2. The molecule has 5 rings (SSSR count). The van der Waals surface area contributed by atoms with Crippen LogP contribution < -0.4 is 0 Å². The fourth-order valence-corrected chi connectivity index (χ4v) is 4.95. The van der Waals surface area contributed by atoms with Crippen molar-refractivity contribution in [2.75, 3.05) is 5.75 Å². The molecule has 2 aromatic heterocycles. The average molecular weight is 429 g/mol. The molecule has 31 heavy (non-hydrogen) atoms. The zero-order valence-electron chi connectivity index (χ0n) is 17.7. The van der Waals surface area contributed by atoms with Gasteiger partial charge in [0.1, 0.15) is 5.82 Å². The van der Waals surface area contributed by atoms with Crippen molar-refractivity contribution in [1.82, 2.24) is 19.2 Å². The summed E-state index contributed by atoms with van der Waals surface area (Å²) >= 11 is 1.71. The zero-order chi connectivity index (χ0) is 21.4. The maximum absolute atomic E-state index is 13.4. The molecule has 0 atom stereocenters. The Hall–Kier alpha value is -3.25. The molecule has 2 aromatic carbocycles. The molecule has 4 aromatic rings. The van der Waals surface area contributed by atoms with Gasteiger partial charge in [-0.25, -0.2) is 4.68 Å². The van der Waals surface area contributed by atoms with E-state index < -0.39 is 0 Å². The van der Waals surface area contributed by atoms with E-state index in [1.165, 1.54) is 0 Å². The van der Waals surface area contributed by atoms with Gasteiger partial charge >= 0.3 is 0 Å². The Morgan fingerprint density at radius 3 is 2.52 bits per heavy atom. The minimum atomic E-state index is 0.0652. The van der Waals surface area contributed by atoms with Gasteiger partial charge in [-0.2, -0.15) is 5.10 Å². The van der Waals surface area contributed by atoms with Gasteiger partial charge in [0.25, 0.3) is 5.91 Å². The third-order valence-electron chi connectivity index (χ3n) is 5.63. The minimum Gasteiger partial charge on any atom is -0.328 e. The van der Waals surface area contributed by atoms with Crippen LogP contribution in [0.25, 0.3) is 11.5 Å². The summed E-state index contributed by atoms with van der Waals surface area (Å²) in [5.41, 5.74) is 5.06. The van der Waals surface area contributed by atoms with Gasteiger partial charge < -0.3 is 9.47 Å². The van der Waals surface area contributed by atoms with Crippen LogP contribution in [0.2, 0.25) is 0 Å². The van der Waals surface area contributed by atoms with Crippen LogP contribution in [0.3, 0.4) is 0 Å². The van der Waals surface area contributed by atoms with Crippen molar-refractivity contribution in [1.29, 1.82) is 0 Å². The lowest BCUT2D eigenvalue weighted by molar-refractivity contribution is 0.0745. The van der Waals surface area contributed by atoms with Crippen molar-refractivity contribution >= 4 is 17.7 Å². The Morgan fingerprint density at radius 1 is 1.00 bits per heavy atom. The van der Waals surface area contributed by atoms with Gasteiger partial charge in [0.2, 0.25) is 0 Å². The van der Waals surface area contributed by atoms with Crippen molar-refractivity contribution in [2.45, 2.75) is 31.8 Å². The summed E-state index contributed by atoms with van der Waals surface area (Å²) in [5, 5.41) is 4.96. The van der Waals surface area contributed by atoms with E-state index in [2.05, 4.69) is 30.5 Å². The highest BCUT2D eigenvalue weighted by Crippen LogP contribution is 2.33. The van der Waals surface area contributed by atoms with Gasteiger partial charge in [-0.15, -0.1) is 11.8 Å². The second kappa shape index (κ2) is 8.12. The molecule has 1 aliphatic rings. The standard InChI is InChI=1S/C25H24N4OS/c1-3-31-23-13-7-5-11-19(23)25(30)28-16-20-21(17-28)26-29(22-12-6-4-10-18(22)2)24(20)27-14-8-9-15-27/h4-15H,3,16-17H2,1-2H3. The van der Waals surface area contributed by atoms with Crippen LogP contribution in [0, 0.1) is 6.92 Å². The summed E-state index contributed by atoms with van der Waals surface area (Å²) in [5.74, 6) is 2.00. The van der Waals surface area contributed by atoms with Gasteiger partial charge in [0.05, 0.1) is 30.0 Å². The van der Waals surface area contributed by atoms with Crippen molar-refractivity contribution in [2.24, 2.45) is 0 Å². The molecule has 1 aliphatic heterocycles. The summed E-state index contributed by atoms with van der Waals surface area (Å²) in [6, 6.07) is 20.2. The number of amides is 1. The molecule has 1 amide bonds. The molecule has 0 spiro atoms. The summed E-state index contributed by atoms with van der Waals surface area (Å²) < 4.78 is 4.11. The maximum Gasteiger partial charge on any atom is 0.255 e. The van der Waals surface area contributed by atoms with Crippen molar-refractivity contribution in [3.8, 4) is 11.5 Å². The van der Waals surface area contributed by atoms with Crippen LogP contribution in [0.15, 0.2) is 78.0 Å². The predicted molar refractivity (Wildman–Crippen MR) is 124 cm³/mol. The Labute approximate surface area is 186 Å². The first-order chi connectivity index (χ1) is 15.2. The number of thioether (sulfide) groups is 1. The second-order valence-corrected chi connectivity index (χ2v) is 8.93. The fourth-order valence-electron chi connectivity index (χ4n) is 4.15. The van der Waals surface area contributed by atoms with Crippen LogP contribution in [-0.4, -0.2) is 30.9 Å². The molecule has 5 nitrogen and oxygen atoms in total. The van der Waals surface area contributed by atoms with Crippen LogP contribution in [0.4, 0.5) is 0 Å². The van der Waals surface area contributed by atoms with E-state index in [1.54, 1.807) is 11.8 Å². The molecular weight excluding hydrogens is 404 g/mol. The van der Waals surface area contributed by atoms with E-state index in [-0.39, 0.29) is 5.91 Å². The number of nitrogens with zero attached hydrogens (tertiary/aromatic N) is 4. The average Bonchev–Trinajstić information content (AvgIpc) is 3.50. The summed E-state index contributed by atoms with van der Waals surface area (Å²) in [6.07, 6.45) is 4.06. The van der Waals surface area contributed by atoms with Crippen molar-refractivity contribution in [3.63, 3.8) is 0 Å². The number of hydrogen-bond donors (Lipinski definition) is 0. The quantitative estimate of drug-likeness (QED) is 0.408. The summed E-state index contributed by atoms with van der Waals surface area (Å²) in [4.78, 5) is 16.3. The Kier molecular flexibility index (Phi) is 5.16. The molecule has 0 N–H and O–H groups in total. The first-order valence-corrected chi connectivity index (χ1v) is 11.5. The van der Waals surface area contributed by atoms with E-state index in [4.69, 9.17) is 5.10 Å². The van der Waals surface area contributed by atoms with Gasteiger partial charge in [0.15, 0.2) is 0 Å². The molecular formula is C25H24N4OS. The van der Waals surface area contributed by atoms with Gasteiger partial charge in [0, 0.05) is 22.9 Å². The molecule has 0 unspecified atom stereocenters. The number of carbonyl (C=O) groups excluding carboxylic acids is 1. The van der Waals surface area contributed by atoms with Crippen LogP contribution >= 0.6 is 11.8 Å². The maximum atomic E-state index is 13.4. The summed E-state index contributed by atoms with van der Waals surface area (Å²) in [6.45, 7) is 5.28. The Morgan fingerprint density at radius 2 is 1.74 bits per heavy atom. The highest BCUT2D eigenvalue weighted by molar-refractivity contribution is 7.99. The van der Waals surface area contributed by atoms with Gasteiger partial charge in [-0.1, -0.05) is 37.3 Å². The molecule has 0 saturated carbocycles. The number of carbonyl (C=O) groups is 1. The van der Waals surface area contributed by atoms with Gasteiger partial charge in [-0.05, 0) is 48.6 Å². The second-order valence-electron chi connectivity index (χ2n) is 7.63. The predicted octanol–water partition coefficient (Wildman–Crippen LogP) is 5.24. The number of para-hydroxylation sites is 1. The third kappa shape index (κ3) is 3.47. The van der Waals surface area contributed by atoms with Crippen LogP contribution in [-0.2, 0) is 13.1 Å². The van der Waals surface area contributed by atoms with E-state index in [1.807, 2.05) is 70.5 Å². The van der Waals surface area contributed by atoms with Crippen LogP contribution in [0.5, 0.6) is 0 Å². The molecule has 156 valence electrons. The number of aromatic nitrogens is 3. The molecule has 0 bridgehead atoms. The highest BCUT2D eigenvalue weighted by Gasteiger charge is 2.32. The SMILES string of the molecule is CCSc1ccccc1C(=O)N1Cc2nn(-c3ccccc3C)c(-n3cccc3)c2C1. The topological polar surface area (TPSA) is 43.1 Å². The van der Waals surface area contributed by atoms with E-state index in [0.29, 0.717) is 13.1 Å². The lowest BCUT2D eigenvalue weighted by Gasteiger charge is -2.19. The molecule has 6 heteroatoms. The smallest absolute Gasteiger partial charge is 0.255 e. The fraction of sp³-hybridized carbons (Fsp3) is 0.200. The minimum absolute atomic E-state index is 0.0652. The lowest BCUT2D eigenvalue weighted by Crippen LogP contribution is -2.27. The van der Waals surface area contributed by atoms with E-state index in [0.717, 1.165) is 44.5 Å². The van der Waals surface area contributed by atoms with E-state index in [9.17, 15) is 4.79 Å². The number of rotatable bonds is 5. The normalized spacial score (nSPS) is 12.9. The van der Waals surface area contributed by atoms with Crippen molar-refractivity contribution < 1.29 is 4.79 Å². The molecule has 0 fully saturated rings. The lowest BCUT2D eigenvalue weighted by atomic mass is 10.2. The number of aryl methyl sites for hydroxylation is 1. The van der Waals surface area contributed by atoms with Crippen LogP contribution in [0.1, 0.15) is 34.1 Å². The van der Waals surface area contributed by atoms with Gasteiger partial charge in [-0.3, -0.25) is 4.79 Å². The third-order valence-corrected chi connectivity index (χ3v) is 6.58. The first-order valence-electron chi connectivity index (χ1n) is 10.5. The molecule has 0 radical (unpaired) electrons. The number of fused-ring (bicyclic) bond motifs is 1. The number of hydrogen-bond acceptors (Lipinski definition) is 3. The Balaban J connectivity index is 1.54. The largest absolute Gasteiger partial charge is 0.328 e. The highest BCUT2D eigenvalue weighted by atomic mass is 32.2. The van der Waals surface area contributed by atoms with Crippen molar-refractivity contribution in [3.05, 3.63) is 95.4 Å². The zero-order valence-corrected chi connectivity index (χ0v) is 18.5. The Bertz CT molecular complexity index is 1240. The molecule has 0 saturated heterocycles. The first kappa shape index (κ1) is 19.7. The van der Waals surface area contributed by atoms with E-state index >= 15 is 0 Å². The molecule has 3 heterocycles.